The number of fused-ring (bicyclic) bond motifs is 6. The number of phenolic OH excluding ortho intramolecular Hbond substituents is 2. The van der Waals surface area contributed by atoms with Crippen LogP contribution < -0.4 is 10.5 Å². The highest BCUT2D eigenvalue weighted by molar-refractivity contribution is 6.03. The van der Waals surface area contributed by atoms with E-state index in [2.05, 4.69) is 0 Å². The number of esters is 1. The summed E-state index contributed by atoms with van der Waals surface area (Å²) in [6.45, 7) is 0. The molecule has 0 amide bonds. The van der Waals surface area contributed by atoms with E-state index in [1.807, 2.05) is 0 Å². The Morgan fingerprint density at radius 1 is 0.968 bits per heavy atom. The van der Waals surface area contributed by atoms with Crippen LogP contribution >= 0.6 is 0 Å². The highest BCUT2D eigenvalue weighted by atomic mass is 19.1. The Morgan fingerprint density at radius 3 is 2.03 bits per heavy atom. The molecule has 0 fully saturated rings. The van der Waals surface area contributed by atoms with E-state index in [1.54, 1.807) is 0 Å². The molecule has 0 saturated heterocycles. The monoisotopic (exact) mass is 428 g/mol. The standard InChI is InChI=1S/C20H10F2N2O7/c21-10-3-8-15(5-13(10)25)30-16-6-14(26)11(22)4-9(16)20(8)7-1-2-12(24(28)29)18(23)17(7)19(27)31-20/h1-6,25-26H,23H2. The van der Waals surface area contributed by atoms with Gasteiger partial charge in [0.1, 0.15) is 17.2 Å². The summed E-state index contributed by atoms with van der Waals surface area (Å²) in [6.07, 6.45) is 0. The highest BCUT2D eigenvalue weighted by Crippen LogP contribution is 2.58. The molecular formula is C20H10F2N2O7. The van der Waals surface area contributed by atoms with E-state index < -0.39 is 51.0 Å². The van der Waals surface area contributed by atoms with Crippen molar-refractivity contribution in [1.29, 1.82) is 0 Å². The first-order valence-corrected chi connectivity index (χ1v) is 8.69. The average molecular weight is 428 g/mol. The molecule has 0 atom stereocenters. The maximum absolute atomic E-state index is 14.3. The van der Waals surface area contributed by atoms with Gasteiger partial charge >= 0.3 is 5.97 Å². The van der Waals surface area contributed by atoms with E-state index in [-0.39, 0.29) is 33.8 Å². The lowest BCUT2D eigenvalue weighted by atomic mass is 9.77. The zero-order chi connectivity index (χ0) is 22.2. The number of carbonyl (C=O) groups excluding carboxylic acids is 1. The van der Waals surface area contributed by atoms with E-state index in [9.17, 15) is 33.9 Å². The minimum Gasteiger partial charge on any atom is -0.505 e. The Bertz CT molecular complexity index is 1300. The van der Waals surface area contributed by atoms with Gasteiger partial charge in [-0.25, -0.2) is 13.6 Å². The maximum Gasteiger partial charge on any atom is 0.342 e. The summed E-state index contributed by atoms with van der Waals surface area (Å²) >= 11 is 0. The molecule has 9 nitrogen and oxygen atoms in total. The molecule has 0 aromatic heterocycles. The summed E-state index contributed by atoms with van der Waals surface area (Å²) in [5.41, 5.74) is 2.27. The van der Waals surface area contributed by atoms with Crippen molar-refractivity contribution in [1.82, 2.24) is 0 Å². The molecule has 0 radical (unpaired) electrons. The molecular weight excluding hydrogens is 418 g/mol. The van der Waals surface area contributed by atoms with Crippen LogP contribution in [0.2, 0.25) is 0 Å². The number of phenols is 2. The number of anilines is 1. The molecule has 0 bridgehead atoms. The number of nitrogens with two attached hydrogens (primary N) is 1. The number of nitrogens with zero attached hydrogens (tertiary/aromatic N) is 1. The van der Waals surface area contributed by atoms with Gasteiger partial charge in [-0.1, -0.05) is 0 Å². The molecule has 3 aromatic carbocycles. The first kappa shape index (κ1) is 18.6. The molecule has 1 spiro atoms. The fraction of sp³-hybridized carbons (Fsp3) is 0.0500. The van der Waals surface area contributed by atoms with Gasteiger partial charge in [0.25, 0.3) is 5.69 Å². The molecule has 0 aliphatic carbocycles. The van der Waals surface area contributed by atoms with Gasteiger partial charge in [0.2, 0.25) is 0 Å². The lowest BCUT2D eigenvalue weighted by molar-refractivity contribution is -0.383. The van der Waals surface area contributed by atoms with E-state index in [4.69, 9.17) is 15.2 Å². The number of benzene rings is 3. The van der Waals surface area contributed by atoms with E-state index in [0.717, 1.165) is 30.3 Å². The first-order valence-electron chi connectivity index (χ1n) is 8.69. The van der Waals surface area contributed by atoms with Crippen LogP contribution in [0.4, 0.5) is 20.2 Å². The predicted molar refractivity (Wildman–Crippen MR) is 99.0 cm³/mol. The largest absolute Gasteiger partial charge is 0.505 e. The molecule has 5 rings (SSSR count). The Hall–Kier alpha value is -4.41. The lowest BCUT2D eigenvalue weighted by Gasteiger charge is -2.36. The van der Waals surface area contributed by atoms with Crippen molar-refractivity contribution < 1.29 is 38.2 Å². The van der Waals surface area contributed by atoms with Crippen molar-refractivity contribution in [2.45, 2.75) is 5.60 Å². The van der Waals surface area contributed by atoms with Crippen molar-refractivity contribution in [2.24, 2.45) is 0 Å². The molecule has 4 N–H and O–H groups in total. The molecule has 0 unspecified atom stereocenters. The van der Waals surface area contributed by atoms with Crippen molar-refractivity contribution in [3.8, 4) is 23.0 Å². The highest BCUT2D eigenvalue weighted by Gasteiger charge is 2.55. The van der Waals surface area contributed by atoms with Crippen LogP contribution in [0.1, 0.15) is 27.0 Å². The molecule has 11 heteroatoms. The van der Waals surface area contributed by atoms with Crippen molar-refractivity contribution in [3.05, 3.63) is 80.4 Å². The topological polar surface area (TPSA) is 145 Å². The van der Waals surface area contributed by atoms with Crippen molar-refractivity contribution in [3.63, 3.8) is 0 Å². The Morgan fingerprint density at radius 2 is 1.52 bits per heavy atom. The van der Waals surface area contributed by atoms with Crippen LogP contribution in [0.25, 0.3) is 0 Å². The number of hydrogen-bond acceptors (Lipinski definition) is 8. The summed E-state index contributed by atoms with van der Waals surface area (Å²) in [4.78, 5) is 23.3. The minimum atomic E-state index is -2.00. The van der Waals surface area contributed by atoms with E-state index in [1.165, 1.54) is 6.07 Å². The number of nitrogen functional groups attached to an aromatic ring is 1. The number of nitro groups is 1. The Balaban J connectivity index is 1.93. The summed E-state index contributed by atoms with van der Waals surface area (Å²) in [5, 5.41) is 30.8. The molecule has 31 heavy (non-hydrogen) atoms. The third-order valence-electron chi connectivity index (χ3n) is 5.32. The van der Waals surface area contributed by atoms with Crippen LogP contribution in [-0.2, 0) is 10.3 Å². The summed E-state index contributed by atoms with van der Waals surface area (Å²) in [6, 6.07) is 5.78. The molecule has 156 valence electrons. The van der Waals surface area contributed by atoms with Gasteiger partial charge in [-0.3, -0.25) is 10.1 Å². The van der Waals surface area contributed by atoms with Gasteiger partial charge in [-0.05, 0) is 18.2 Å². The minimum absolute atomic E-state index is 0.0124. The smallest absolute Gasteiger partial charge is 0.342 e. The van der Waals surface area contributed by atoms with Crippen molar-refractivity contribution in [2.75, 3.05) is 5.73 Å². The molecule has 2 heterocycles. The van der Waals surface area contributed by atoms with Crippen LogP contribution in [0.5, 0.6) is 23.0 Å². The second kappa shape index (κ2) is 5.81. The third-order valence-corrected chi connectivity index (χ3v) is 5.32. The van der Waals surface area contributed by atoms with Gasteiger partial charge in [0.05, 0.1) is 21.6 Å². The van der Waals surface area contributed by atoms with Gasteiger partial charge in [0.15, 0.2) is 28.7 Å². The molecule has 2 aliphatic heterocycles. The Kier molecular flexibility index (Phi) is 3.49. The Labute approximate surface area is 171 Å². The van der Waals surface area contributed by atoms with Crippen molar-refractivity contribution >= 4 is 17.3 Å². The normalized spacial score (nSPS) is 15.0. The van der Waals surface area contributed by atoms with Gasteiger partial charge < -0.3 is 25.4 Å². The summed E-state index contributed by atoms with van der Waals surface area (Å²) < 4.78 is 39.8. The van der Waals surface area contributed by atoms with Gasteiger partial charge in [-0.15, -0.1) is 0 Å². The molecule has 0 saturated carbocycles. The number of hydrogen-bond donors (Lipinski definition) is 3. The number of rotatable bonds is 1. The summed E-state index contributed by atoms with van der Waals surface area (Å²) in [5.74, 6) is -5.04. The predicted octanol–water partition coefficient (Wildman–Crippen LogP) is 3.43. The first-order chi connectivity index (χ1) is 14.6. The van der Waals surface area contributed by atoms with Crippen LogP contribution in [-0.4, -0.2) is 21.1 Å². The fourth-order valence-corrected chi connectivity index (χ4v) is 3.99. The third kappa shape index (κ3) is 2.25. The van der Waals surface area contributed by atoms with Crippen LogP contribution in [0.15, 0.2) is 36.4 Å². The van der Waals surface area contributed by atoms with Gasteiger partial charge in [0, 0.05) is 23.8 Å². The molecule has 2 aliphatic rings. The number of halogens is 2. The molecule has 3 aromatic rings. The SMILES string of the molecule is Nc1c([N+](=O)[O-])ccc2c1C(=O)OC21c2cc(F)c(O)cc2Oc2cc(O)c(F)cc21. The van der Waals surface area contributed by atoms with Crippen LogP contribution in [0.3, 0.4) is 0 Å². The van der Waals surface area contributed by atoms with Crippen LogP contribution in [0, 0.1) is 21.7 Å². The quantitative estimate of drug-likeness (QED) is 0.231. The zero-order valence-corrected chi connectivity index (χ0v) is 15.2. The second-order valence-electron chi connectivity index (χ2n) is 6.95. The maximum atomic E-state index is 14.3. The van der Waals surface area contributed by atoms with Gasteiger partial charge in [-0.2, -0.15) is 0 Å². The second-order valence-corrected chi connectivity index (χ2v) is 6.95. The number of nitro benzene ring substituents is 1. The lowest BCUT2D eigenvalue weighted by Crippen LogP contribution is -2.33. The number of aromatic hydroxyl groups is 2. The average Bonchev–Trinajstić information content (AvgIpc) is 3.00. The van der Waals surface area contributed by atoms with E-state index in [0.29, 0.717) is 0 Å². The number of ether oxygens (including phenoxy) is 2. The summed E-state index contributed by atoms with van der Waals surface area (Å²) in [7, 11) is 0. The zero-order valence-electron chi connectivity index (χ0n) is 15.2. The fourth-order valence-electron chi connectivity index (χ4n) is 3.99. The van der Waals surface area contributed by atoms with E-state index >= 15 is 0 Å². The number of carbonyl (C=O) groups is 1.